The number of anilines is 1. The van der Waals surface area contributed by atoms with E-state index >= 15 is 0 Å². The summed E-state index contributed by atoms with van der Waals surface area (Å²) in [5, 5.41) is 3.44. The number of rotatable bonds is 7. The molecule has 0 aromatic heterocycles. The van der Waals surface area contributed by atoms with Crippen LogP contribution in [-0.4, -0.2) is 24.7 Å². The van der Waals surface area contributed by atoms with Crippen LogP contribution in [0.2, 0.25) is 5.02 Å². The molecule has 6 heteroatoms. The molecule has 2 aromatic rings. The summed E-state index contributed by atoms with van der Waals surface area (Å²) < 4.78 is 11.2. The second kappa shape index (κ2) is 8.04. The summed E-state index contributed by atoms with van der Waals surface area (Å²) in [6.07, 6.45) is 0. The zero-order chi connectivity index (χ0) is 17.6. The molecule has 0 fully saturated rings. The molecule has 1 amide bonds. The summed E-state index contributed by atoms with van der Waals surface area (Å²) in [5.74, 6) is 1.02. The lowest BCUT2D eigenvalue weighted by Gasteiger charge is -2.25. The highest BCUT2D eigenvalue weighted by Crippen LogP contribution is 2.23. The fraction of sp³-hybridized carbons (Fsp3) is 0.278. The summed E-state index contributed by atoms with van der Waals surface area (Å²) in [6, 6.07) is 14.0. The minimum atomic E-state index is -1.04. The number of halogens is 1. The van der Waals surface area contributed by atoms with Gasteiger partial charge in [-0.1, -0.05) is 11.6 Å². The number of benzene rings is 2. The van der Waals surface area contributed by atoms with Gasteiger partial charge in [-0.2, -0.15) is 0 Å². The summed E-state index contributed by atoms with van der Waals surface area (Å²) in [5.41, 5.74) is 5.01. The number of carbonyl (C=O) groups is 1. The van der Waals surface area contributed by atoms with Gasteiger partial charge in [-0.05, 0) is 62.4 Å². The maximum absolute atomic E-state index is 12.5. The standard InChI is InChI=1S/C18H21ClN2O3/c1-18(2,24-16-7-3-13(19)4-8-16)17(22)21-14-5-9-15(10-6-14)23-12-11-20/h3-10H,11-12,20H2,1-2H3,(H,21,22). The maximum atomic E-state index is 12.5. The number of hydrogen-bond donors (Lipinski definition) is 2. The van der Waals surface area contributed by atoms with E-state index in [1.807, 2.05) is 0 Å². The lowest BCUT2D eigenvalue weighted by Crippen LogP contribution is -2.42. The molecular weight excluding hydrogens is 328 g/mol. The van der Waals surface area contributed by atoms with Gasteiger partial charge in [-0.3, -0.25) is 4.79 Å². The van der Waals surface area contributed by atoms with Gasteiger partial charge in [0.1, 0.15) is 18.1 Å². The topological polar surface area (TPSA) is 73.6 Å². The van der Waals surface area contributed by atoms with E-state index < -0.39 is 5.60 Å². The van der Waals surface area contributed by atoms with Crippen molar-refractivity contribution >= 4 is 23.2 Å². The normalized spacial score (nSPS) is 11.0. The summed E-state index contributed by atoms with van der Waals surface area (Å²) in [7, 11) is 0. The molecule has 128 valence electrons. The molecule has 0 aliphatic rings. The van der Waals surface area contributed by atoms with Gasteiger partial charge < -0.3 is 20.5 Å². The molecule has 5 nitrogen and oxygen atoms in total. The Kier molecular flexibility index (Phi) is 6.06. The van der Waals surface area contributed by atoms with Crippen LogP contribution < -0.4 is 20.5 Å². The highest BCUT2D eigenvalue weighted by molar-refractivity contribution is 6.30. The zero-order valence-electron chi connectivity index (χ0n) is 13.7. The van der Waals surface area contributed by atoms with Crippen molar-refractivity contribution in [2.24, 2.45) is 5.73 Å². The lowest BCUT2D eigenvalue weighted by molar-refractivity contribution is -0.128. The van der Waals surface area contributed by atoms with Crippen LogP contribution in [0.5, 0.6) is 11.5 Å². The van der Waals surface area contributed by atoms with E-state index in [1.165, 1.54) is 0 Å². The predicted octanol–water partition coefficient (Wildman–Crippen LogP) is 3.47. The Balaban J connectivity index is 1.98. The Morgan fingerprint density at radius 2 is 1.67 bits per heavy atom. The zero-order valence-corrected chi connectivity index (χ0v) is 14.5. The molecule has 24 heavy (non-hydrogen) atoms. The first-order chi connectivity index (χ1) is 11.4. The number of amides is 1. The molecule has 0 atom stereocenters. The van der Waals surface area contributed by atoms with Crippen molar-refractivity contribution in [1.29, 1.82) is 0 Å². The molecule has 0 unspecified atom stereocenters. The van der Waals surface area contributed by atoms with Gasteiger partial charge in [0.25, 0.3) is 5.91 Å². The van der Waals surface area contributed by atoms with Gasteiger partial charge in [0, 0.05) is 17.3 Å². The van der Waals surface area contributed by atoms with Crippen LogP contribution in [0.3, 0.4) is 0 Å². The second-order valence-electron chi connectivity index (χ2n) is 5.68. The number of hydrogen-bond acceptors (Lipinski definition) is 4. The SMILES string of the molecule is CC(C)(Oc1ccc(Cl)cc1)C(=O)Nc1ccc(OCCN)cc1. The largest absolute Gasteiger partial charge is 0.492 e. The van der Waals surface area contributed by atoms with Gasteiger partial charge in [0.05, 0.1) is 0 Å². The van der Waals surface area contributed by atoms with Crippen LogP contribution >= 0.6 is 11.6 Å². The van der Waals surface area contributed by atoms with Crippen LogP contribution in [-0.2, 0) is 4.79 Å². The Morgan fingerprint density at radius 3 is 2.25 bits per heavy atom. The number of nitrogens with two attached hydrogens (primary N) is 1. The Bertz CT molecular complexity index is 670. The van der Waals surface area contributed by atoms with E-state index in [2.05, 4.69) is 5.32 Å². The smallest absolute Gasteiger partial charge is 0.267 e. The highest BCUT2D eigenvalue weighted by atomic mass is 35.5. The molecule has 0 saturated heterocycles. The van der Waals surface area contributed by atoms with Crippen molar-refractivity contribution in [3.63, 3.8) is 0 Å². The van der Waals surface area contributed by atoms with Gasteiger partial charge >= 0.3 is 0 Å². The second-order valence-corrected chi connectivity index (χ2v) is 6.12. The Morgan fingerprint density at radius 1 is 1.08 bits per heavy atom. The Hall–Kier alpha value is -2.24. The quantitative estimate of drug-likeness (QED) is 0.803. The molecule has 3 N–H and O–H groups in total. The molecule has 0 spiro atoms. The average Bonchev–Trinajstić information content (AvgIpc) is 2.56. The van der Waals surface area contributed by atoms with Crippen LogP contribution in [0.15, 0.2) is 48.5 Å². The van der Waals surface area contributed by atoms with Gasteiger partial charge in [-0.15, -0.1) is 0 Å². The van der Waals surface area contributed by atoms with E-state index in [4.69, 9.17) is 26.8 Å². The van der Waals surface area contributed by atoms with Crippen molar-refractivity contribution in [2.75, 3.05) is 18.5 Å². The minimum Gasteiger partial charge on any atom is -0.492 e. The van der Waals surface area contributed by atoms with Crippen molar-refractivity contribution in [3.05, 3.63) is 53.6 Å². The minimum absolute atomic E-state index is 0.256. The van der Waals surface area contributed by atoms with E-state index in [1.54, 1.807) is 62.4 Å². The molecule has 0 saturated carbocycles. The summed E-state index contributed by atoms with van der Waals surface area (Å²) in [4.78, 5) is 12.5. The van der Waals surface area contributed by atoms with E-state index in [0.717, 1.165) is 0 Å². The third-order valence-electron chi connectivity index (χ3n) is 3.23. The van der Waals surface area contributed by atoms with Crippen LogP contribution in [0.4, 0.5) is 5.69 Å². The molecule has 0 bridgehead atoms. The van der Waals surface area contributed by atoms with Crippen molar-refractivity contribution in [1.82, 2.24) is 0 Å². The molecule has 2 aromatic carbocycles. The first kappa shape index (κ1) is 18.1. The highest BCUT2D eigenvalue weighted by Gasteiger charge is 2.30. The average molecular weight is 349 g/mol. The molecule has 0 aliphatic carbocycles. The van der Waals surface area contributed by atoms with Crippen molar-refractivity contribution in [3.8, 4) is 11.5 Å². The van der Waals surface area contributed by atoms with Gasteiger partial charge in [0.15, 0.2) is 5.60 Å². The Labute approximate surface area is 146 Å². The number of nitrogens with one attached hydrogen (secondary N) is 1. The van der Waals surface area contributed by atoms with E-state index in [9.17, 15) is 4.79 Å². The molecule has 0 aliphatic heterocycles. The predicted molar refractivity (Wildman–Crippen MR) is 95.8 cm³/mol. The molecule has 0 heterocycles. The molecular formula is C18H21ClN2O3. The van der Waals surface area contributed by atoms with E-state index in [0.29, 0.717) is 35.4 Å². The monoisotopic (exact) mass is 348 g/mol. The first-order valence-corrected chi connectivity index (χ1v) is 7.97. The third kappa shape index (κ3) is 5.15. The number of ether oxygens (including phenoxy) is 2. The molecule has 0 radical (unpaired) electrons. The van der Waals surface area contributed by atoms with Crippen LogP contribution in [0.25, 0.3) is 0 Å². The fourth-order valence-corrected chi connectivity index (χ4v) is 2.06. The molecule has 2 rings (SSSR count). The maximum Gasteiger partial charge on any atom is 0.267 e. The van der Waals surface area contributed by atoms with Gasteiger partial charge in [-0.25, -0.2) is 0 Å². The van der Waals surface area contributed by atoms with E-state index in [-0.39, 0.29) is 5.91 Å². The van der Waals surface area contributed by atoms with Gasteiger partial charge in [0.2, 0.25) is 0 Å². The number of carbonyl (C=O) groups excluding carboxylic acids is 1. The fourth-order valence-electron chi connectivity index (χ4n) is 1.94. The van der Waals surface area contributed by atoms with Crippen LogP contribution in [0.1, 0.15) is 13.8 Å². The van der Waals surface area contributed by atoms with Crippen molar-refractivity contribution in [2.45, 2.75) is 19.4 Å². The lowest BCUT2D eigenvalue weighted by atomic mass is 10.1. The van der Waals surface area contributed by atoms with Crippen molar-refractivity contribution < 1.29 is 14.3 Å². The van der Waals surface area contributed by atoms with Crippen LogP contribution in [0, 0.1) is 0 Å². The summed E-state index contributed by atoms with van der Waals surface area (Å²) in [6.45, 7) is 4.31. The summed E-state index contributed by atoms with van der Waals surface area (Å²) >= 11 is 5.85. The first-order valence-electron chi connectivity index (χ1n) is 7.60. The third-order valence-corrected chi connectivity index (χ3v) is 3.48.